The largest absolute Gasteiger partial charge is 0.375 e. The van der Waals surface area contributed by atoms with E-state index in [4.69, 9.17) is 5.73 Å². The Kier molecular flexibility index (Phi) is 7.26. The molecular formula is C9H14N4S. The van der Waals surface area contributed by atoms with Crippen LogP contribution in [0.3, 0.4) is 0 Å². The van der Waals surface area contributed by atoms with Crippen LogP contribution in [-0.2, 0) is 0 Å². The molecule has 0 aliphatic heterocycles. The summed E-state index contributed by atoms with van der Waals surface area (Å²) in [5.41, 5.74) is 8.33. The van der Waals surface area contributed by atoms with Gasteiger partial charge in [0.25, 0.3) is 0 Å². The molecule has 0 aliphatic rings. The molecule has 0 saturated heterocycles. The Morgan fingerprint density at radius 1 is 1.57 bits per heavy atom. The van der Waals surface area contributed by atoms with Crippen LogP contribution in [0, 0.1) is 0 Å². The maximum Gasteiger partial charge on any atom is 0.184 e. The minimum absolute atomic E-state index is 0.141. The second-order valence-electron chi connectivity index (χ2n) is 1.99. The number of hydrogen-bond donors (Lipinski definition) is 2. The maximum absolute atomic E-state index is 5.14. The summed E-state index contributed by atoms with van der Waals surface area (Å²) < 4.78 is 0. The molecule has 0 aromatic carbocycles. The molecule has 0 atom stereocenters. The maximum atomic E-state index is 5.14. The summed E-state index contributed by atoms with van der Waals surface area (Å²) in [5, 5.41) is 3.88. The van der Waals surface area contributed by atoms with Crippen molar-refractivity contribution in [1.82, 2.24) is 10.4 Å². The van der Waals surface area contributed by atoms with Crippen molar-refractivity contribution in [1.29, 1.82) is 0 Å². The van der Waals surface area contributed by atoms with E-state index in [9.17, 15) is 0 Å². The van der Waals surface area contributed by atoms with Gasteiger partial charge in [-0.1, -0.05) is 19.9 Å². The molecule has 1 heterocycles. The van der Waals surface area contributed by atoms with Crippen LogP contribution in [0.25, 0.3) is 0 Å². The molecule has 4 nitrogen and oxygen atoms in total. The summed E-state index contributed by atoms with van der Waals surface area (Å²) in [6.07, 6.45) is 3.22. The number of hydrogen-bond acceptors (Lipinski definition) is 3. The summed E-state index contributed by atoms with van der Waals surface area (Å²) in [5.74, 6) is 0. The van der Waals surface area contributed by atoms with Gasteiger partial charge >= 0.3 is 0 Å². The second-order valence-corrected chi connectivity index (χ2v) is 2.43. The average molecular weight is 210 g/mol. The molecule has 0 bridgehead atoms. The molecule has 0 radical (unpaired) electrons. The van der Waals surface area contributed by atoms with E-state index in [0.29, 0.717) is 0 Å². The number of nitrogens with zero attached hydrogens (tertiary/aromatic N) is 2. The van der Waals surface area contributed by atoms with Gasteiger partial charge in [-0.2, -0.15) is 5.10 Å². The third kappa shape index (κ3) is 6.07. The molecule has 0 fully saturated rings. The molecule has 3 N–H and O–H groups in total. The van der Waals surface area contributed by atoms with Gasteiger partial charge in [0.2, 0.25) is 0 Å². The number of thiocarbonyl (C=S) groups is 1. The van der Waals surface area contributed by atoms with Crippen molar-refractivity contribution in [3.8, 4) is 0 Å². The summed E-state index contributed by atoms with van der Waals surface area (Å²) in [6.45, 7) is 4.00. The fourth-order valence-corrected chi connectivity index (χ4v) is 0.667. The monoisotopic (exact) mass is 210 g/mol. The summed E-state index contributed by atoms with van der Waals surface area (Å²) in [6, 6.07) is 5.53. The first kappa shape index (κ1) is 12.5. The highest BCUT2D eigenvalue weighted by molar-refractivity contribution is 7.80. The molecule has 76 valence electrons. The van der Waals surface area contributed by atoms with Gasteiger partial charge in [-0.05, 0) is 24.4 Å². The zero-order valence-electron chi connectivity index (χ0n) is 8.27. The lowest BCUT2D eigenvalue weighted by Crippen LogP contribution is -2.24. The minimum Gasteiger partial charge on any atom is -0.375 e. The predicted molar refractivity (Wildman–Crippen MR) is 63.1 cm³/mol. The zero-order chi connectivity index (χ0) is 10.8. The lowest BCUT2D eigenvalue weighted by atomic mass is 10.4. The van der Waals surface area contributed by atoms with E-state index in [1.165, 1.54) is 0 Å². The first-order chi connectivity index (χ1) is 6.79. The van der Waals surface area contributed by atoms with Crippen LogP contribution < -0.4 is 11.2 Å². The van der Waals surface area contributed by atoms with E-state index in [0.717, 1.165) is 5.69 Å². The lowest BCUT2D eigenvalue weighted by Gasteiger charge is -1.92. The summed E-state index contributed by atoms with van der Waals surface area (Å²) in [7, 11) is 0. The number of rotatable bonds is 2. The molecule has 0 amide bonds. The van der Waals surface area contributed by atoms with Gasteiger partial charge in [-0.3, -0.25) is 10.4 Å². The van der Waals surface area contributed by atoms with Gasteiger partial charge < -0.3 is 5.73 Å². The van der Waals surface area contributed by atoms with Crippen LogP contribution >= 0.6 is 12.2 Å². The Balaban J connectivity index is 0.000000791. The highest BCUT2D eigenvalue weighted by Gasteiger charge is 1.84. The topological polar surface area (TPSA) is 63.3 Å². The molecule has 1 aromatic heterocycles. The van der Waals surface area contributed by atoms with Gasteiger partial charge in [0.05, 0.1) is 11.9 Å². The van der Waals surface area contributed by atoms with Crippen molar-refractivity contribution in [3.63, 3.8) is 0 Å². The van der Waals surface area contributed by atoms with E-state index < -0.39 is 0 Å². The number of nitrogens with two attached hydrogens (primary N) is 1. The Labute approximate surface area is 89.2 Å². The fourth-order valence-electron chi connectivity index (χ4n) is 0.614. The molecular weight excluding hydrogens is 196 g/mol. The van der Waals surface area contributed by atoms with Crippen molar-refractivity contribution in [2.75, 3.05) is 0 Å². The Morgan fingerprint density at radius 2 is 2.29 bits per heavy atom. The fraction of sp³-hybridized carbons (Fsp3) is 0.222. The van der Waals surface area contributed by atoms with Crippen LogP contribution in [0.4, 0.5) is 0 Å². The van der Waals surface area contributed by atoms with Gasteiger partial charge in [-0.15, -0.1) is 0 Å². The third-order valence-corrected chi connectivity index (χ3v) is 1.15. The van der Waals surface area contributed by atoms with Crippen molar-refractivity contribution < 1.29 is 0 Å². The molecule has 0 spiro atoms. The standard InChI is InChI=1S/C7H8N4S.C2H6/c8-7(12)11-10-5-6-3-1-2-4-9-6;1-2/h1-5H,(H3,8,11,12);1-2H3. The predicted octanol–water partition coefficient (Wildman–Crippen LogP) is 1.27. The quantitative estimate of drug-likeness (QED) is 0.438. The normalized spacial score (nSPS) is 9.00. The van der Waals surface area contributed by atoms with E-state index in [2.05, 4.69) is 27.7 Å². The SMILES string of the molecule is CC.NC(=S)NN=Cc1ccccn1. The van der Waals surface area contributed by atoms with E-state index in [-0.39, 0.29) is 5.11 Å². The van der Waals surface area contributed by atoms with Crippen molar-refractivity contribution in [2.24, 2.45) is 10.8 Å². The van der Waals surface area contributed by atoms with Gasteiger partial charge in [0, 0.05) is 6.20 Å². The molecule has 5 heteroatoms. The lowest BCUT2D eigenvalue weighted by molar-refractivity contribution is 1.04. The Hall–Kier alpha value is -1.49. The van der Waals surface area contributed by atoms with Crippen LogP contribution in [0.2, 0.25) is 0 Å². The van der Waals surface area contributed by atoms with Crippen LogP contribution in [0.5, 0.6) is 0 Å². The number of nitrogens with one attached hydrogen (secondary N) is 1. The molecule has 1 rings (SSSR count). The van der Waals surface area contributed by atoms with Crippen LogP contribution in [-0.4, -0.2) is 16.3 Å². The average Bonchev–Trinajstić information content (AvgIpc) is 2.22. The molecule has 0 saturated carbocycles. The van der Waals surface area contributed by atoms with E-state index in [1.54, 1.807) is 12.4 Å². The Morgan fingerprint density at radius 3 is 2.79 bits per heavy atom. The second kappa shape index (κ2) is 8.12. The molecule has 0 unspecified atom stereocenters. The van der Waals surface area contributed by atoms with Crippen LogP contribution in [0.1, 0.15) is 19.5 Å². The van der Waals surface area contributed by atoms with Crippen molar-refractivity contribution in [3.05, 3.63) is 30.1 Å². The smallest absolute Gasteiger partial charge is 0.184 e. The highest BCUT2D eigenvalue weighted by atomic mass is 32.1. The minimum atomic E-state index is 0.141. The van der Waals surface area contributed by atoms with Crippen molar-refractivity contribution >= 4 is 23.5 Å². The molecule has 1 aromatic rings. The number of pyridine rings is 1. The first-order valence-electron chi connectivity index (χ1n) is 4.28. The first-order valence-corrected chi connectivity index (χ1v) is 4.69. The van der Waals surface area contributed by atoms with Gasteiger partial charge in [0.1, 0.15) is 0 Å². The van der Waals surface area contributed by atoms with Crippen LogP contribution in [0.15, 0.2) is 29.5 Å². The summed E-state index contributed by atoms with van der Waals surface area (Å²) in [4.78, 5) is 4.00. The molecule has 0 aliphatic carbocycles. The zero-order valence-corrected chi connectivity index (χ0v) is 9.08. The number of aromatic nitrogens is 1. The van der Waals surface area contributed by atoms with E-state index in [1.807, 2.05) is 32.0 Å². The van der Waals surface area contributed by atoms with E-state index >= 15 is 0 Å². The van der Waals surface area contributed by atoms with Gasteiger partial charge in [-0.25, -0.2) is 0 Å². The van der Waals surface area contributed by atoms with Crippen molar-refractivity contribution in [2.45, 2.75) is 13.8 Å². The number of hydrazone groups is 1. The molecule has 14 heavy (non-hydrogen) atoms. The van der Waals surface area contributed by atoms with Gasteiger partial charge in [0.15, 0.2) is 5.11 Å². The summed E-state index contributed by atoms with van der Waals surface area (Å²) >= 11 is 4.54. The third-order valence-electron chi connectivity index (χ3n) is 1.06. The Bertz CT molecular complexity index is 284. The highest BCUT2D eigenvalue weighted by Crippen LogP contribution is 1.86.